The predicted molar refractivity (Wildman–Crippen MR) is 118 cm³/mol. The molecule has 1 amide bonds. The van der Waals surface area contributed by atoms with Crippen LogP contribution in [0, 0.1) is 0 Å². The molecule has 0 spiro atoms. The standard InChI is InChI=1S/C23H33N3OS/c1-4-9-21-18(5-2)16-22(28-21)23(27)24-20(19-10-7-6-8-11-19)17-26-14-12-25(3)13-15-26/h6-8,10-11,16,20H,4-5,9,12-15,17H2,1-3H3,(H,24,27). The molecule has 0 aliphatic carbocycles. The van der Waals surface area contributed by atoms with Crippen molar-refractivity contribution in [3.05, 3.63) is 57.3 Å². The highest BCUT2D eigenvalue weighted by Crippen LogP contribution is 2.26. The normalized spacial score (nSPS) is 16.8. The minimum Gasteiger partial charge on any atom is -0.343 e. The van der Waals surface area contributed by atoms with Crippen molar-refractivity contribution >= 4 is 17.2 Å². The highest BCUT2D eigenvalue weighted by Gasteiger charge is 2.23. The van der Waals surface area contributed by atoms with Crippen molar-refractivity contribution in [2.45, 2.75) is 39.2 Å². The fourth-order valence-corrected chi connectivity index (χ4v) is 5.01. The van der Waals surface area contributed by atoms with Gasteiger partial charge in [0.1, 0.15) is 0 Å². The van der Waals surface area contributed by atoms with Crippen LogP contribution in [0.4, 0.5) is 0 Å². The smallest absolute Gasteiger partial charge is 0.261 e. The summed E-state index contributed by atoms with van der Waals surface area (Å²) in [6, 6.07) is 12.5. The van der Waals surface area contributed by atoms with Crippen LogP contribution in [-0.2, 0) is 12.8 Å². The van der Waals surface area contributed by atoms with Gasteiger partial charge in [-0.1, -0.05) is 50.6 Å². The second-order valence-electron chi connectivity index (χ2n) is 7.70. The van der Waals surface area contributed by atoms with Gasteiger partial charge in [0.15, 0.2) is 0 Å². The zero-order valence-electron chi connectivity index (χ0n) is 17.4. The molecule has 1 N–H and O–H groups in total. The van der Waals surface area contributed by atoms with Gasteiger partial charge in [-0.05, 0) is 37.1 Å². The van der Waals surface area contributed by atoms with E-state index in [-0.39, 0.29) is 11.9 Å². The Kier molecular flexibility index (Phi) is 7.65. The van der Waals surface area contributed by atoms with Gasteiger partial charge in [0.2, 0.25) is 0 Å². The van der Waals surface area contributed by atoms with Gasteiger partial charge < -0.3 is 10.2 Å². The van der Waals surface area contributed by atoms with Gasteiger partial charge in [0.25, 0.3) is 5.91 Å². The number of hydrogen-bond donors (Lipinski definition) is 1. The summed E-state index contributed by atoms with van der Waals surface area (Å²) in [7, 11) is 2.17. The molecule has 1 unspecified atom stereocenters. The second kappa shape index (κ2) is 10.2. The molecule has 2 heterocycles. The Labute approximate surface area is 173 Å². The van der Waals surface area contributed by atoms with Crippen LogP contribution in [0.5, 0.6) is 0 Å². The third-order valence-corrected chi connectivity index (χ3v) is 6.76. The summed E-state index contributed by atoms with van der Waals surface area (Å²) in [6.45, 7) is 9.49. The van der Waals surface area contributed by atoms with Crippen LogP contribution < -0.4 is 5.32 Å². The summed E-state index contributed by atoms with van der Waals surface area (Å²) in [5.41, 5.74) is 2.50. The van der Waals surface area contributed by atoms with Gasteiger partial charge in [0, 0.05) is 37.6 Å². The number of amides is 1. The topological polar surface area (TPSA) is 35.6 Å². The summed E-state index contributed by atoms with van der Waals surface area (Å²) < 4.78 is 0. The summed E-state index contributed by atoms with van der Waals surface area (Å²) in [4.78, 5) is 20.1. The fraction of sp³-hybridized carbons (Fsp3) is 0.522. The number of carbonyl (C=O) groups excluding carboxylic acids is 1. The van der Waals surface area contributed by atoms with Crippen LogP contribution in [0.1, 0.15) is 52.0 Å². The summed E-state index contributed by atoms with van der Waals surface area (Å²) in [6.07, 6.45) is 3.16. The number of likely N-dealkylation sites (N-methyl/N-ethyl adjacent to an activating group) is 1. The number of hydrogen-bond acceptors (Lipinski definition) is 4. The van der Waals surface area contributed by atoms with Gasteiger partial charge >= 0.3 is 0 Å². The van der Waals surface area contributed by atoms with Crippen LogP contribution in [-0.4, -0.2) is 55.5 Å². The molecule has 5 heteroatoms. The first kappa shape index (κ1) is 21.0. The van der Waals surface area contributed by atoms with Crippen molar-refractivity contribution < 1.29 is 4.79 Å². The molecule has 0 saturated carbocycles. The maximum absolute atomic E-state index is 13.1. The minimum absolute atomic E-state index is 0.0129. The van der Waals surface area contributed by atoms with E-state index >= 15 is 0 Å². The molecular weight excluding hydrogens is 366 g/mol. The van der Waals surface area contributed by atoms with Gasteiger partial charge in [-0.25, -0.2) is 0 Å². The number of benzene rings is 1. The first-order valence-electron chi connectivity index (χ1n) is 10.5. The fourth-order valence-electron chi connectivity index (χ4n) is 3.75. The molecule has 1 aliphatic rings. The van der Waals surface area contributed by atoms with E-state index in [1.807, 2.05) is 6.07 Å². The zero-order chi connectivity index (χ0) is 19.9. The second-order valence-corrected chi connectivity index (χ2v) is 8.84. The van der Waals surface area contributed by atoms with E-state index in [0.29, 0.717) is 0 Å². The summed E-state index contributed by atoms with van der Waals surface area (Å²) in [5.74, 6) is 0.0602. The molecule has 0 bridgehead atoms. The van der Waals surface area contributed by atoms with Crippen molar-refractivity contribution in [3.63, 3.8) is 0 Å². The maximum Gasteiger partial charge on any atom is 0.261 e. The third kappa shape index (κ3) is 5.43. The van der Waals surface area contributed by atoms with Crippen LogP contribution in [0.2, 0.25) is 0 Å². The monoisotopic (exact) mass is 399 g/mol. The Hall–Kier alpha value is -1.69. The largest absolute Gasteiger partial charge is 0.343 e. The molecule has 4 nitrogen and oxygen atoms in total. The molecule has 0 radical (unpaired) electrons. The molecule has 1 atom stereocenters. The van der Waals surface area contributed by atoms with Gasteiger partial charge in [-0.2, -0.15) is 0 Å². The van der Waals surface area contributed by atoms with E-state index < -0.39 is 0 Å². The number of aryl methyl sites for hydroxylation is 2. The quantitative estimate of drug-likeness (QED) is 0.729. The van der Waals surface area contributed by atoms with E-state index in [2.05, 4.69) is 66.3 Å². The third-order valence-electron chi connectivity index (χ3n) is 5.52. The number of piperazine rings is 1. The number of rotatable bonds is 8. The lowest BCUT2D eigenvalue weighted by Gasteiger charge is -2.35. The van der Waals surface area contributed by atoms with Gasteiger partial charge in [-0.15, -0.1) is 11.3 Å². The molecule has 28 heavy (non-hydrogen) atoms. The SMILES string of the molecule is CCCc1sc(C(=O)NC(CN2CCN(C)CC2)c2ccccc2)cc1CC. The molecule has 2 aromatic rings. The average Bonchev–Trinajstić information content (AvgIpc) is 3.13. The number of nitrogens with one attached hydrogen (secondary N) is 1. The maximum atomic E-state index is 13.1. The molecule has 3 rings (SSSR count). The van der Waals surface area contributed by atoms with Crippen LogP contribution in [0.25, 0.3) is 0 Å². The van der Waals surface area contributed by atoms with Crippen molar-refractivity contribution in [1.82, 2.24) is 15.1 Å². The summed E-state index contributed by atoms with van der Waals surface area (Å²) >= 11 is 1.67. The van der Waals surface area contributed by atoms with Crippen molar-refractivity contribution in [2.75, 3.05) is 39.8 Å². The molecule has 1 saturated heterocycles. The molecule has 1 aromatic carbocycles. The molecular formula is C23H33N3OS. The lowest BCUT2D eigenvalue weighted by atomic mass is 10.1. The van der Waals surface area contributed by atoms with E-state index in [9.17, 15) is 4.79 Å². The van der Waals surface area contributed by atoms with Gasteiger partial charge in [-0.3, -0.25) is 9.69 Å². The lowest BCUT2D eigenvalue weighted by molar-refractivity contribution is 0.0911. The first-order chi connectivity index (χ1) is 13.6. The Morgan fingerprint density at radius 3 is 2.50 bits per heavy atom. The highest BCUT2D eigenvalue weighted by molar-refractivity contribution is 7.14. The van der Waals surface area contributed by atoms with Crippen LogP contribution in [0.3, 0.4) is 0 Å². The van der Waals surface area contributed by atoms with E-state index in [4.69, 9.17) is 0 Å². The molecule has 1 fully saturated rings. The van der Waals surface area contributed by atoms with Gasteiger partial charge in [0.05, 0.1) is 10.9 Å². The Bertz CT molecular complexity index is 750. The molecule has 1 aromatic heterocycles. The Balaban J connectivity index is 1.74. The zero-order valence-corrected chi connectivity index (χ0v) is 18.2. The summed E-state index contributed by atoms with van der Waals surface area (Å²) in [5, 5.41) is 3.33. The predicted octanol–water partition coefficient (Wildman–Crippen LogP) is 3.98. The molecule has 152 valence electrons. The van der Waals surface area contributed by atoms with Crippen LogP contribution in [0.15, 0.2) is 36.4 Å². The number of thiophene rings is 1. The van der Waals surface area contributed by atoms with E-state index in [0.717, 1.165) is 56.9 Å². The van der Waals surface area contributed by atoms with E-state index in [1.54, 1.807) is 11.3 Å². The Morgan fingerprint density at radius 2 is 1.86 bits per heavy atom. The highest BCUT2D eigenvalue weighted by atomic mass is 32.1. The van der Waals surface area contributed by atoms with Crippen molar-refractivity contribution in [2.24, 2.45) is 0 Å². The number of nitrogens with zero attached hydrogens (tertiary/aromatic N) is 2. The lowest BCUT2D eigenvalue weighted by Crippen LogP contribution is -2.47. The molecule has 1 aliphatic heterocycles. The van der Waals surface area contributed by atoms with Crippen molar-refractivity contribution in [1.29, 1.82) is 0 Å². The van der Waals surface area contributed by atoms with Crippen molar-refractivity contribution in [3.8, 4) is 0 Å². The first-order valence-corrected chi connectivity index (χ1v) is 11.3. The van der Waals surface area contributed by atoms with E-state index in [1.165, 1.54) is 16.0 Å². The Morgan fingerprint density at radius 1 is 1.14 bits per heavy atom. The minimum atomic E-state index is 0.0129. The number of carbonyl (C=O) groups is 1. The average molecular weight is 400 g/mol. The van der Waals surface area contributed by atoms with Crippen LogP contribution >= 0.6 is 11.3 Å².